The zero-order chi connectivity index (χ0) is 14.8. The van der Waals surface area contributed by atoms with Crippen molar-refractivity contribution >= 4 is 32.6 Å². The van der Waals surface area contributed by atoms with Crippen LogP contribution in [0.1, 0.15) is 23.2 Å². The lowest BCUT2D eigenvalue weighted by atomic mass is 10.0. The van der Waals surface area contributed by atoms with Crippen LogP contribution in [0.5, 0.6) is 0 Å². The third-order valence-electron chi connectivity index (χ3n) is 4.19. The second-order valence-corrected chi connectivity index (χ2v) is 6.32. The average Bonchev–Trinajstić information content (AvgIpc) is 2.96. The van der Waals surface area contributed by atoms with Crippen LogP contribution in [0.2, 0.25) is 0 Å². The first-order valence-electron chi connectivity index (χ1n) is 7.23. The van der Waals surface area contributed by atoms with E-state index in [0.29, 0.717) is 22.3 Å². The Bertz CT molecular complexity index is 673. The number of rotatable bonds is 3. The van der Waals surface area contributed by atoms with E-state index in [-0.39, 0.29) is 11.7 Å². The molecule has 1 aliphatic heterocycles. The van der Waals surface area contributed by atoms with E-state index in [1.165, 1.54) is 6.07 Å². The fraction of sp³-hybridized carbons (Fsp3) is 0.353. The fourth-order valence-electron chi connectivity index (χ4n) is 3.03. The van der Waals surface area contributed by atoms with Gasteiger partial charge in [-0.2, -0.15) is 0 Å². The van der Waals surface area contributed by atoms with Crippen LogP contribution in [0.25, 0.3) is 10.8 Å². The Morgan fingerprint density at radius 3 is 2.76 bits per heavy atom. The zero-order valence-corrected chi connectivity index (χ0v) is 13.3. The highest BCUT2D eigenvalue weighted by Crippen LogP contribution is 2.26. The molecule has 2 aromatic carbocycles. The molecular weight excluding hydrogens is 333 g/mol. The number of likely N-dealkylation sites (tertiary alicyclic amines) is 1. The molecule has 0 spiro atoms. The van der Waals surface area contributed by atoms with Gasteiger partial charge in [-0.3, -0.25) is 4.79 Å². The number of hydrogen-bond donors (Lipinski definition) is 0. The Kier molecular flexibility index (Phi) is 4.24. The number of carbonyl (C=O) groups excluding carboxylic acids is 1. The molecule has 2 nitrogen and oxygen atoms in total. The van der Waals surface area contributed by atoms with Crippen molar-refractivity contribution in [1.29, 1.82) is 0 Å². The van der Waals surface area contributed by atoms with E-state index in [9.17, 15) is 9.18 Å². The van der Waals surface area contributed by atoms with Gasteiger partial charge in [0.05, 0.1) is 0 Å². The topological polar surface area (TPSA) is 20.3 Å². The molecule has 21 heavy (non-hydrogen) atoms. The number of carbonyl (C=O) groups is 1. The van der Waals surface area contributed by atoms with E-state index in [2.05, 4.69) is 15.9 Å². The van der Waals surface area contributed by atoms with Gasteiger partial charge < -0.3 is 4.90 Å². The minimum atomic E-state index is -0.277. The number of hydrogen-bond acceptors (Lipinski definition) is 1. The first kappa shape index (κ1) is 14.5. The summed E-state index contributed by atoms with van der Waals surface area (Å²) in [6.07, 6.45) is 2.14. The second kappa shape index (κ2) is 6.14. The van der Waals surface area contributed by atoms with Gasteiger partial charge in [-0.1, -0.05) is 40.2 Å². The number of alkyl halides is 1. The summed E-state index contributed by atoms with van der Waals surface area (Å²) >= 11 is 3.46. The standard InChI is InChI=1S/C17H17BrFNO/c18-9-7-12-8-10-20(11-12)17(21)15-5-6-16(19)14-4-2-1-3-13(14)15/h1-6,12H,7-11H2. The predicted octanol–water partition coefficient (Wildman–Crippen LogP) is 4.23. The SMILES string of the molecule is O=C(c1ccc(F)c2ccccc12)N1CCC(CCBr)C1. The van der Waals surface area contributed by atoms with Crippen LogP contribution >= 0.6 is 15.9 Å². The van der Waals surface area contributed by atoms with Gasteiger partial charge in [-0.25, -0.2) is 4.39 Å². The summed E-state index contributed by atoms with van der Waals surface area (Å²) in [5, 5.41) is 2.19. The lowest BCUT2D eigenvalue weighted by Crippen LogP contribution is -2.29. The molecule has 1 atom stereocenters. The van der Waals surface area contributed by atoms with Gasteiger partial charge in [0.15, 0.2) is 0 Å². The molecule has 4 heteroatoms. The zero-order valence-electron chi connectivity index (χ0n) is 11.7. The fourth-order valence-corrected chi connectivity index (χ4v) is 3.67. The van der Waals surface area contributed by atoms with E-state index in [1.807, 2.05) is 17.0 Å². The highest BCUT2D eigenvalue weighted by atomic mass is 79.9. The number of benzene rings is 2. The van der Waals surface area contributed by atoms with Crippen molar-refractivity contribution < 1.29 is 9.18 Å². The van der Waals surface area contributed by atoms with Crippen molar-refractivity contribution in [2.75, 3.05) is 18.4 Å². The van der Waals surface area contributed by atoms with Gasteiger partial charge in [-0.05, 0) is 36.3 Å². The van der Waals surface area contributed by atoms with Crippen LogP contribution in [-0.2, 0) is 0 Å². The normalized spacial score (nSPS) is 18.4. The van der Waals surface area contributed by atoms with Gasteiger partial charge >= 0.3 is 0 Å². The van der Waals surface area contributed by atoms with Crippen LogP contribution in [0.15, 0.2) is 36.4 Å². The summed E-state index contributed by atoms with van der Waals surface area (Å²) in [5.41, 5.74) is 0.603. The minimum Gasteiger partial charge on any atom is -0.338 e. The van der Waals surface area contributed by atoms with Crippen molar-refractivity contribution in [3.05, 3.63) is 47.8 Å². The van der Waals surface area contributed by atoms with Gasteiger partial charge in [-0.15, -0.1) is 0 Å². The lowest BCUT2D eigenvalue weighted by Gasteiger charge is -2.18. The molecule has 0 aliphatic carbocycles. The van der Waals surface area contributed by atoms with Crippen LogP contribution in [0.4, 0.5) is 4.39 Å². The Hall–Kier alpha value is -1.42. The molecule has 1 fully saturated rings. The maximum Gasteiger partial charge on any atom is 0.254 e. The molecule has 1 amide bonds. The van der Waals surface area contributed by atoms with E-state index in [1.54, 1.807) is 18.2 Å². The molecule has 1 saturated heterocycles. The van der Waals surface area contributed by atoms with Gasteiger partial charge in [0.1, 0.15) is 5.82 Å². The first-order valence-corrected chi connectivity index (χ1v) is 8.35. The largest absolute Gasteiger partial charge is 0.338 e. The van der Waals surface area contributed by atoms with E-state index in [0.717, 1.165) is 31.3 Å². The summed E-state index contributed by atoms with van der Waals surface area (Å²) < 4.78 is 13.8. The molecule has 0 radical (unpaired) electrons. The number of amides is 1. The number of halogens is 2. The van der Waals surface area contributed by atoms with Crippen LogP contribution in [0.3, 0.4) is 0 Å². The van der Waals surface area contributed by atoms with Crippen LogP contribution < -0.4 is 0 Å². The predicted molar refractivity (Wildman–Crippen MR) is 86.3 cm³/mol. The molecule has 0 aromatic heterocycles. The van der Waals surface area contributed by atoms with Crippen molar-refractivity contribution in [3.63, 3.8) is 0 Å². The van der Waals surface area contributed by atoms with Gasteiger partial charge in [0, 0.05) is 29.4 Å². The molecular formula is C17H17BrFNO. The highest BCUT2D eigenvalue weighted by Gasteiger charge is 2.27. The Morgan fingerprint density at radius 2 is 2.00 bits per heavy atom. The van der Waals surface area contributed by atoms with E-state index in [4.69, 9.17) is 0 Å². The molecule has 110 valence electrons. The van der Waals surface area contributed by atoms with Crippen LogP contribution in [-0.4, -0.2) is 29.2 Å². The van der Waals surface area contributed by atoms with E-state index >= 15 is 0 Å². The quantitative estimate of drug-likeness (QED) is 0.759. The second-order valence-electron chi connectivity index (χ2n) is 5.52. The number of nitrogens with zero attached hydrogens (tertiary/aromatic N) is 1. The van der Waals surface area contributed by atoms with E-state index < -0.39 is 0 Å². The maximum absolute atomic E-state index is 13.8. The summed E-state index contributed by atoms with van der Waals surface area (Å²) in [7, 11) is 0. The molecule has 1 unspecified atom stereocenters. The van der Waals surface area contributed by atoms with Crippen molar-refractivity contribution in [1.82, 2.24) is 4.90 Å². The van der Waals surface area contributed by atoms with Crippen molar-refractivity contribution in [2.45, 2.75) is 12.8 Å². The summed E-state index contributed by atoms with van der Waals surface area (Å²) in [5.74, 6) is 0.309. The molecule has 1 aliphatic rings. The van der Waals surface area contributed by atoms with Crippen molar-refractivity contribution in [2.24, 2.45) is 5.92 Å². The maximum atomic E-state index is 13.8. The Morgan fingerprint density at radius 1 is 1.24 bits per heavy atom. The third kappa shape index (κ3) is 2.82. The summed E-state index contributed by atoms with van der Waals surface area (Å²) in [4.78, 5) is 14.6. The molecule has 0 bridgehead atoms. The van der Waals surface area contributed by atoms with Gasteiger partial charge in [0.25, 0.3) is 5.91 Å². The molecule has 2 aromatic rings. The molecule has 1 heterocycles. The molecule has 0 saturated carbocycles. The molecule has 0 N–H and O–H groups in total. The Balaban J connectivity index is 1.91. The average molecular weight is 350 g/mol. The van der Waals surface area contributed by atoms with Crippen LogP contribution in [0, 0.1) is 11.7 Å². The minimum absolute atomic E-state index is 0.0169. The third-order valence-corrected chi connectivity index (χ3v) is 4.65. The highest BCUT2D eigenvalue weighted by molar-refractivity contribution is 9.09. The Labute approximate surface area is 132 Å². The van der Waals surface area contributed by atoms with Crippen molar-refractivity contribution in [3.8, 4) is 0 Å². The number of fused-ring (bicyclic) bond motifs is 1. The molecule has 3 rings (SSSR count). The lowest BCUT2D eigenvalue weighted by molar-refractivity contribution is 0.0789. The summed E-state index contributed by atoms with van der Waals surface area (Å²) in [6, 6.07) is 10.2. The smallest absolute Gasteiger partial charge is 0.254 e. The first-order chi connectivity index (χ1) is 10.2. The monoisotopic (exact) mass is 349 g/mol. The summed E-state index contributed by atoms with van der Waals surface area (Å²) in [6.45, 7) is 1.60. The van der Waals surface area contributed by atoms with Gasteiger partial charge in [0.2, 0.25) is 0 Å².